The van der Waals surface area contributed by atoms with Gasteiger partial charge in [0.1, 0.15) is 9.88 Å². The minimum absolute atomic E-state index is 0.0506. The van der Waals surface area contributed by atoms with E-state index in [1.165, 1.54) is 11.3 Å². The van der Waals surface area contributed by atoms with Gasteiger partial charge in [-0.2, -0.15) is 0 Å². The van der Waals surface area contributed by atoms with Gasteiger partial charge in [-0.1, -0.05) is 30.3 Å². The predicted molar refractivity (Wildman–Crippen MR) is 93.8 cm³/mol. The fourth-order valence-electron chi connectivity index (χ4n) is 2.11. The van der Waals surface area contributed by atoms with E-state index < -0.39 is 0 Å². The van der Waals surface area contributed by atoms with E-state index in [2.05, 4.69) is 10.3 Å². The number of hydrogen-bond acceptors (Lipinski definition) is 5. The molecule has 23 heavy (non-hydrogen) atoms. The maximum Gasteiger partial charge on any atom is 0.263 e. The van der Waals surface area contributed by atoms with Crippen LogP contribution in [0.5, 0.6) is 0 Å². The zero-order chi connectivity index (χ0) is 16.1. The summed E-state index contributed by atoms with van der Waals surface area (Å²) in [5.74, 6) is -0.0858. The first-order chi connectivity index (χ1) is 11.3. The summed E-state index contributed by atoms with van der Waals surface area (Å²) in [7, 11) is 0. The molecule has 0 fully saturated rings. The number of aliphatic hydroxyl groups excluding tert-OH is 1. The molecule has 6 heteroatoms. The first-order valence-corrected chi connectivity index (χ1v) is 8.92. The normalized spacial score (nSPS) is 10.7. The lowest BCUT2D eigenvalue weighted by Gasteiger charge is -2.04. The van der Waals surface area contributed by atoms with Gasteiger partial charge >= 0.3 is 0 Å². The summed E-state index contributed by atoms with van der Waals surface area (Å²) in [6, 6.07) is 11.7. The summed E-state index contributed by atoms with van der Waals surface area (Å²) >= 11 is 3.03. The summed E-state index contributed by atoms with van der Waals surface area (Å²) in [6.45, 7) is 0.624. The minimum atomic E-state index is -0.0858. The van der Waals surface area contributed by atoms with Crippen LogP contribution in [0.1, 0.15) is 20.8 Å². The molecule has 2 heterocycles. The number of rotatable bonds is 6. The second kappa shape index (κ2) is 7.50. The van der Waals surface area contributed by atoms with Crippen LogP contribution in [0.2, 0.25) is 0 Å². The maximum atomic E-state index is 12.1. The highest BCUT2D eigenvalue weighted by Crippen LogP contribution is 2.28. The lowest BCUT2D eigenvalue weighted by atomic mass is 10.1. The molecule has 1 aromatic carbocycles. The molecule has 0 radical (unpaired) electrons. The van der Waals surface area contributed by atoms with Gasteiger partial charge in [-0.15, -0.1) is 22.7 Å². The van der Waals surface area contributed by atoms with Crippen LogP contribution in [0.4, 0.5) is 0 Å². The first kappa shape index (κ1) is 15.9. The Morgan fingerprint density at radius 3 is 2.65 bits per heavy atom. The van der Waals surface area contributed by atoms with Crippen molar-refractivity contribution in [3.63, 3.8) is 0 Å². The molecule has 4 nitrogen and oxygen atoms in total. The van der Waals surface area contributed by atoms with Crippen molar-refractivity contribution in [2.45, 2.75) is 13.0 Å². The molecule has 3 rings (SSSR count). The lowest BCUT2D eigenvalue weighted by molar-refractivity contribution is 0.0958. The number of nitrogens with zero attached hydrogens (tertiary/aromatic N) is 1. The van der Waals surface area contributed by atoms with Crippen LogP contribution in [0.3, 0.4) is 0 Å². The molecule has 1 amide bonds. The number of nitrogens with one attached hydrogen (secondary N) is 1. The Hall–Kier alpha value is -2.02. The molecule has 0 aliphatic carbocycles. The number of carbonyl (C=O) groups excluding carboxylic acids is 1. The number of benzene rings is 1. The third-order valence-corrected chi connectivity index (χ3v) is 5.40. The van der Waals surface area contributed by atoms with Gasteiger partial charge in [-0.25, -0.2) is 4.98 Å². The van der Waals surface area contributed by atoms with Crippen LogP contribution >= 0.6 is 22.7 Å². The molecule has 0 unspecified atom stereocenters. The molecule has 0 spiro atoms. The van der Waals surface area contributed by atoms with Crippen molar-refractivity contribution in [1.29, 1.82) is 0 Å². The quantitative estimate of drug-likeness (QED) is 0.721. The van der Waals surface area contributed by atoms with Crippen LogP contribution in [-0.2, 0) is 13.0 Å². The summed E-state index contributed by atoms with van der Waals surface area (Å²) in [4.78, 5) is 18.2. The highest BCUT2D eigenvalue weighted by atomic mass is 32.1. The van der Waals surface area contributed by atoms with Crippen LogP contribution in [0.15, 0.2) is 48.0 Å². The predicted octanol–water partition coefficient (Wildman–Crippen LogP) is 3.34. The van der Waals surface area contributed by atoms with Crippen LogP contribution < -0.4 is 5.32 Å². The van der Waals surface area contributed by atoms with Crippen molar-refractivity contribution >= 4 is 28.6 Å². The zero-order valence-corrected chi connectivity index (χ0v) is 14.0. The molecular weight excluding hydrogens is 328 g/mol. The number of carbonyl (C=O) groups is 1. The average molecular weight is 344 g/mol. The van der Waals surface area contributed by atoms with Gasteiger partial charge in [0, 0.05) is 6.54 Å². The summed E-state index contributed by atoms with van der Waals surface area (Å²) in [5, 5.41) is 14.8. The molecule has 0 aliphatic heterocycles. The summed E-state index contributed by atoms with van der Waals surface area (Å²) < 4.78 is 0. The molecule has 0 atom stereocenters. The number of aliphatic hydroxyl groups is 1. The SMILES string of the molecule is O=C(NCCc1ccc(CO)cc1)c1cnc(-c2cccs2)s1. The number of hydrogen-bond donors (Lipinski definition) is 2. The van der Waals surface area contributed by atoms with E-state index in [1.54, 1.807) is 17.5 Å². The number of amides is 1. The van der Waals surface area contributed by atoms with Gasteiger partial charge in [0.2, 0.25) is 0 Å². The Balaban J connectivity index is 1.53. The van der Waals surface area contributed by atoms with Crippen LogP contribution in [-0.4, -0.2) is 22.5 Å². The second-order valence-corrected chi connectivity index (χ2v) is 6.97. The standard InChI is InChI=1S/C17H16N2O2S2/c20-11-13-5-3-12(4-6-13)7-8-18-16(21)15-10-19-17(23-15)14-2-1-9-22-14/h1-6,9-10,20H,7-8,11H2,(H,18,21). The van der Waals surface area contributed by atoms with Crippen molar-refractivity contribution in [2.75, 3.05) is 6.54 Å². The Kier molecular flexibility index (Phi) is 5.17. The van der Waals surface area contributed by atoms with Gasteiger partial charge in [-0.3, -0.25) is 4.79 Å². The number of thiazole rings is 1. The Morgan fingerprint density at radius 1 is 1.17 bits per heavy atom. The molecule has 0 aliphatic rings. The number of aromatic nitrogens is 1. The monoisotopic (exact) mass is 344 g/mol. The molecule has 0 saturated heterocycles. The maximum absolute atomic E-state index is 12.1. The molecular formula is C17H16N2O2S2. The van der Waals surface area contributed by atoms with Crippen LogP contribution in [0.25, 0.3) is 9.88 Å². The van der Waals surface area contributed by atoms with Gasteiger partial charge in [0.25, 0.3) is 5.91 Å². The van der Waals surface area contributed by atoms with E-state index in [4.69, 9.17) is 5.11 Å². The largest absolute Gasteiger partial charge is 0.392 e. The molecule has 0 saturated carbocycles. The fraction of sp³-hybridized carbons (Fsp3) is 0.176. The van der Waals surface area contributed by atoms with Crippen molar-refractivity contribution in [2.24, 2.45) is 0 Å². The molecule has 2 aromatic heterocycles. The van der Waals surface area contributed by atoms with E-state index in [-0.39, 0.29) is 12.5 Å². The second-order valence-electron chi connectivity index (χ2n) is 4.99. The Labute approximate surface area is 142 Å². The van der Waals surface area contributed by atoms with E-state index in [0.717, 1.165) is 27.4 Å². The Morgan fingerprint density at radius 2 is 1.96 bits per heavy atom. The Bertz CT molecular complexity index is 764. The topological polar surface area (TPSA) is 62.2 Å². The summed E-state index contributed by atoms with van der Waals surface area (Å²) in [6.07, 6.45) is 2.39. The van der Waals surface area contributed by atoms with Crippen LogP contribution in [0, 0.1) is 0 Å². The third kappa shape index (κ3) is 4.04. The van der Waals surface area contributed by atoms with Gasteiger partial charge < -0.3 is 10.4 Å². The minimum Gasteiger partial charge on any atom is -0.392 e. The fourth-order valence-corrected chi connectivity index (χ4v) is 3.75. The first-order valence-electron chi connectivity index (χ1n) is 7.23. The van der Waals surface area contributed by atoms with Crippen molar-refractivity contribution < 1.29 is 9.90 Å². The molecule has 118 valence electrons. The van der Waals surface area contributed by atoms with Gasteiger partial charge in [-0.05, 0) is 29.0 Å². The van der Waals surface area contributed by atoms with E-state index >= 15 is 0 Å². The average Bonchev–Trinajstić information content (AvgIpc) is 3.26. The molecule has 0 bridgehead atoms. The lowest BCUT2D eigenvalue weighted by Crippen LogP contribution is -2.24. The van der Waals surface area contributed by atoms with Gasteiger partial charge in [0.15, 0.2) is 0 Å². The third-order valence-electron chi connectivity index (χ3n) is 3.37. The van der Waals surface area contributed by atoms with Crippen molar-refractivity contribution in [3.05, 3.63) is 64.0 Å². The number of thiophene rings is 1. The van der Waals surface area contributed by atoms with Gasteiger partial charge in [0.05, 0.1) is 17.7 Å². The van der Waals surface area contributed by atoms with E-state index in [0.29, 0.717) is 11.4 Å². The molecule has 3 aromatic rings. The smallest absolute Gasteiger partial charge is 0.263 e. The molecule has 2 N–H and O–H groups in total. The zero-order valence-electron chi connectivity index (χ0n) is 12.4. The highest BCUT2D eigenvalue weighted by Gasteiger charge is 2.11. The summed E-state index contributed by atoms with van der Waals surface area (Å²) in [5.41, 5.74) is 2.02. The highest BCUT2D eigenvalue weighted by molar-refractivity contribution is 7.21. The van der Waals surface area contributed by atoms with E-state index in [1.807, 2.05) is 41.8 Å². The van der Waals surface area contributed by atoms with Crippen molar-refractivity contribution in [3.8, 4) is 9.88 Å². The van der Waals surface area contributed by atoms with E-state index in [9.17, 15) is 4.79 Å². The van der Waals surface area contributed by atoms with Crippen molar-refractivity contribution in [1.82, 2.24) is 10.3 Å².